The quantitative estimate of drug-likeness (QED) is 0.401. The first-order valence-electron chi connectivity index (χ1n) is 11.1. The van der Waals surface area contributed by atoms with Gasteiger partial charge in [-0.25, -0.2) is 32.7 Å². The molecule has 3 aromatic rings. The summed E-state index contributed by atoms with van der Waals surface area (Å²) < 4.78 is 32.3. The molecule has 0 saturated heterocycles. The molecule has 4 rings (SSSR count). The Kier molecular flexibility index (Phi) is 6.52. The molecule has 3 N–H and O–H groups in total. The van der Waals surface area contributed by atoms with Crippen molar-refractivity contribution in [3.8, 4) is 5.75 Å². The number of aryl methyl sites for hydroxylation is 2. The molecular weight excluding hydrogens is 470 g/mol. The number of phenols is 1. The highest BCUT2D eigenvalue weighted by atomic mass is 32.2. The lowest BCUT2D eigenvalue weighted by Gasteiger charge is -2.22. The highest BCUT2D eigenvalue weighted by molar-refractivity contribution is 7.89. The van der Waals surface area contributed by atoms with Crippen LogP contribution in [0, 0.1) is 19.8 Å². The average Bonchev–Trinajstić information content (AvgIpc) is 3.38. The molecule has 0 aliphatic carbocycles. The molecule has 0 amide bonds. The molecule has 186 valence electrons. The number of furan rings is 1. The first-order chi connectivity index (χ1) is 16.5. The van der Waals surface area contributed by atoms with Crippen LogP contribution in [0.1, 0.15) is 37.0 Å². The van der Waals surface area contributed by atoms with Crippen LogP contribution in [0.2, 0.25) is 0 Å². The van der Waals surface area contributed by atoms with E-state index in [0.29, 0.717) is 16.8 Å². The summed E-state index contributed by atoms with van der Waals surface area (Å²) >= 11 is 0. The minimum absolute atomic E-state index is 0.131. The fraction of sp³-hybridized carbons (Fsp3) is 0.391. The van der Waals surface area contributed by atoms with Crippen molar-refractivity contribution in [2.24, 2.45) is 15.9 Å². The first kappa shape index (κ1) is 24.6. The topological polar surface area (TPSA) is 145 Å². The molecule has 0 fully saturated rings. The standard InChI is InChI=1S/C23H29N7O4S/c1-12(2)18(16-10-13(3)14(4)34-16)27-23-22(28-20-21(29-23)25-11-24-20)26-15-8-7-9-17(19(15)31)35(32,33)30(5)6/h7-10,12,18,31H,11H2,1-6H3,(H,24,26,28)(H,25,27,29)/t18-/m1/s1. The van der Waals surface area contributed by atoms with E-state index in [2.05, 4.69) is 44.4 Å². The maximum atomic E-state index is 12.6. The highest BCUT2D eigenvalue weighted by Gasteiger charge is 2.26. The molecule has 0 spiro atoms. The molecule has 0 saturated carbocycles. The van der Waals surface area contributed by atoms with E-state index < -0.39 is 15.8 Å². The third-order valence-corrected chi connectivity index (χ3v) is 7.61. The van der Waals surface area contributed by atoms with Gasteiger partial charge < -0.3 is 20.2 Å². The van der Waals surface area contributed by atoms with Gasteiger partial charge in [0.25, 0.3) is 0 Å². The van der Waals surface area contributed by atoms with Crippen LogP contribution in [0.25, 0.3) is 0 Å². The minimum atomic E-state index is -3.86. The Morgan fingerprint density at radius 3 is 2.31 bits per heavy atom. The SMILES string of the molecule is Cc1cc([C@H](Nc2nc3c(nc2Nc2cccc(S(=O)(=O)N(C)C)c2O)=NCN=3)C(C)C)oc1C. The number of aromatic hydroxyl groups is 1. The van der Waals surface area contributed by atoms with Gasteiger partial charge in [0.05, 0.1) is 11.7 Å². The lowest BCUT2D eigenvalue weighted by atomic mass is 10.0. The first-order valence-corrected chi connectivity index (χ1v) is 12.5. The number of benzene rings is 1. The Labute approximate surface area is 203 Å². The molecule has 0 unspecified atom stereocenters. The van der Waals surface area contributed by atoms with Crippen LogP contribution in [0.3, 0.4) is 0 Å². The summed E-state index contributed by atoms with van der Waals surface area (Å²) in [4.78, 5) is 17.4. The van der Waals surface area contributed by atoms with Crippen LogP contribution in [-0.2, 0) is 10.0 Å². The molecule has 3 heterocycles. The Balaban J connectivity index is 1.78. The van der Waals surface area contributed by atoms with Crippen LogP contribution in [0.4, 0.5) is 17.3 Å². The molecule has 0 bridgehead atoms. The Bertz CT molecular complexity index is 1480. The number of para-hydroxylation sites is 1. The van der Waals surface area contributed by atoms with Crippen molar-refractivity contribution in [1.82, 2.24) is 14.3 Å². The number of nitrogens with one attached hydrogen (secondary N) is 2. The summed E-state index contributed by atoms with van der Waals surface area (Å²) in [7, 11) is -1.06. The number of phenolic OH excluding ortho intramolecular Hbond substituents is 1. The predicted octanol–water partition coefficient (Wildman–Crippen LogP) is 2.41. The number of nitrogens with zero attached hydrogens (tertiary/aromatic N) is 5. The van der Waals surface area contributed by atoms with Crippen molar-refractivity contribution in [3.63, 3.8) is 0 Å². The zero-order chi connectivity index (χ0) is 25.5. The Morgan fingerprint density at radius 2 is 1.74 bits per heavy atom. The molecular formula is C23H29N7O4S. The van der Waals surface area contributed by atoms with Crippen molar-refractivity contribution in [2.45, 2.75) is 38.6 Å². The lowest BCUT2D eigenvalue weighted by Crippen LogP contribution is -2.32. The van der Waals surface area contributed by atoms with Crippen LogP contribution in [0.15, 0.2) is 43.6 Å². The molecule has 1 aliphatic rings. The van der Waals surface area contributed by atoms with Crippen molar-refractivity contribution in [2.75, 3.05) is 31.4 Å². The van der Waals surface area contributed by atoms with Gasteiger partial charge in [-0.3, -0.25) is 0 Å². The number of rotatable bonds is 8. The number of anilines is 3. The highest BCUT2D eigenvalue weighted by Crippen LogP contribution is 2.36. The summed E-state index contributed by atoms with van der Waals surface area (Å²) in [6.45, 7) is 8.24. The van der Waals surface area contributed by atoms with Gasteiger partial charge in [0.1, 0.15) is 23.1 Å². The fourth-order valence-electron chi connectivity index (χ4n) is 3.61. The Hall–Kier alpha value is -3.51. The van der Waals surface area contributed by atoms with Crippen molar-refractivity contribution in [1.29, 1.82) is 0 Å². The second-order valence-electron chi connectivity index (χ2n) is 8.84. The molecule has 11 nitrogen and oxygen atoms in total. The van der Waals surface area contributed by atoms with Crippen LogP contribution in [-0.4, -0.2) is 48.6 Å². The number of aromatic nitrogens is 2. The van der Waals surface area contributed by atoms with Gasteiger partial charge in [0.15, 0.2) is 28.4 Å². The van der Waals surface area contributed by atoms with E-state index in [-0.39, 0.29) is 35.0 Å². The van der Waals surface area contributed by atoms with Gasteiger partial charge in [-0.15, -0.1) is 0 Å². The summed E-state index contributed by atoms with van der Waals surface area (Å²) in [5.41, 5.74) is 1.97. The molecule has 1 aromatic carbocycles. The van der Waals surface area contributed by atoms with Gasteiger partial charge in [-0.2, -0.15) is 0 Å². The normalized spacial score (nSPS) is 13.9. The van der Waals surface area contributed by atoms with E-state index in [1.165, 1.54) is 26.2 Å². The predicted molar refractivity (Wildman–Crippen MR) is 131 cm³/mol. The molecule has 12 heteroatoms. The second kappa shape index (κ2) is 9.27. The second-order valence-corrected chi connectivity index (χ2v) is 11.0. The third-order valence-electron chi connectivity index (χ3n) is 5.76. The van der Waals surface area contributed by atoms with E-state index in [1.807, 2.05) is 19.9 Å². The average molecular weight is 500 g/mol. The van der Waals surface area contributed by atoms with E-state index in [9.17, 15) is 13.5 Å². The van der Waals surface area contributed by atoms with E-state index in [0.717, 1.165) is 21.4 Å². The van der Waals surface area contributed by atoms with Gasteiger partial charge in [-0.1, -0.05) is 19.9 Å². The molecule has 2 aromatic heterocycles. The molecule has 1 aliphatic heterocycles. The number of fused-ring (bicyclic) bond motifs is 1. The summed E-state index contributed by atoms with van der Waals surface area (Å²) in [6, 6.07) is 6.19. The fourth-order valence-corrected chi connectivity index (χ4v) is 4.61. The van der Waals surface area contributed by atoms with Gasteiger partial charge in [0.2, 0.25) is 10.0 Å². The van der Waals surface area contributed by atoms with Crippen molar-refractivity contribution < 1.29 is 17.9 Å². The minimum Gasteiger partial charge on any atom is -0.504 e. The summed E-state index contributed by atoms with van der Waals surface area (Å²) in [5.74, 6) is 1.94. The summed E-state index contributed by atoms with van der Waals surface area (Å²) in [5, 5.41) is 17.2. The number of hydrogen-bond acceptors (Lipinski definition) is 10. The lowest BCUT2D eigenvalue weighted by molar-refractivity contribution is 0.407. The molecule has 1 atom stereocenters. The maximum absolute atomic E-state index is 12.6. The van der Waals surface area contributed by atoms with Gasteiger partial charge in [0, 0.05) is 14.1 Å². The third kappa shape index (κ3) is 4.71. The van der Waals surface area contributed by atoms with Crippen LogP contribution < -0.4 is 21.6 Å². The van der Waals surface area contributed by atoms with Gasteiger partial charge in [-0.05, 0) is 43.5 Å². The number of sulfonamides is 1. The van der Waals surface area contributed by atoms with E-state index in [1.54, 1.807) is 6.07 Å². The van der Waals surface area contributed by atoms with E-state index >= 15 is 0 Å². The Morgan fingerprint density at radius 1 is 1.09 bits per heavy atom. The zero-order valence-corrected chi connectivity index (χ0v) is 21.3. The monoisotopic (exact) mass is 499 g/mol. The molecule has 0 radical (unpaired) electrons. The largest absolute Gasteiger partial charge is 0.504 e. The van der Waals surface area contributed by atoms with Gasteiger partial charge >= 0.3 is 0 Å². The molecule has 35 heavy (non-hydrogen) atoms. The zero-order valence-electron chi connectivity index (χ0n) is 20.5. The summed E-state index contributed by atoms with van der Waals surface area (Å²) in [6.07, 6.45) is 0. The van der Waals surface area contributed by atoms with Crippen molar-refractivity contribution >= 4 is 27.3 Å². The van der Waals surface area contributed by atoms with Crippen LogP contribution in [0.5, 0.6) is 5.75 Å². The van der Waals surface area contributed by atoms with Crippen molar-refractivity contribution in [3.05, 3.63) is 52.3 Å². The smallest absolute Gasteiger partial charge is 0.246 e. The van der Waals surface area contributed by atoms with E-state index in [4.69, 9.17) is 4.42 Å². The van der Waals surface area contributed by atoms with Crippen LogP contribution >= 0.6 is 0 Å². The maximum Gasteiger partial charge on any atom is 0.246 e. The number of hydrogen-bond donors (Lipinski definition) is 3.